The Bertz CT molecular complexity index is 555. The van der Waals surface area contributed by atoms with Crippen molar-refractivity contribution < 1.29 is 4.74 Å². The molecule has 1 saturated carbocycles. The van der Waals surface area contributed by atoms with E-state index in [2.05, 4.69) is 38.4 Å². The number of nitrogens with one attached hydrogen (secondary N) is 1. The number of ether oxygens (including phenoxy) is 1. The second-order valence-corrected chi connectivity index (χ2v) is 6.42. The van der Waals surface area contributed by atoms with E-state index in [9.17, 15) is 0 Å². The van der Waals surface area contributed by atoms with Crippen LogP contribution in [0.2, 0.25) is 0 Å². The Balaban J connectivity index is 1.92. The molecule has 19 heavy (non-hydrogen) atoms. The van der Waals surface area contributed by atoms with Gasteiger partial charge < -0.3 is 10.1 Å². The van der Waals surface area contributed by atoms with Gasteiger partial charge in [0.15, 0.2) is 0 Å². The minimum atomic E-state index is 0.176. The van der Waals surface area contributed by atoms with Gasteiger partial charge in [-0.3, -0.25) is 0 Å². The zero-order valence-corrected chi connectivity index (χ0v) is 13.0. The Labute approximate surface area is 125 Å². The molecule has 0 spiro atoms. The van der Waals surface area contributed by atoms with Crippen LogP contribution in [0.1, 0.15) is 29.5 Å². The molecular formula is C14H15BrN2OS. The van der Waals surface area contributed by atoms with Crippen molar-refractivity contribution in [3.63, 3.8) is 0 Å². The lowest BCUT2D eigenvalue weighted by molar-refractivity contribution is 0.411. The van der Waals surface area contributed by atoms with Crippen LogP contribution in [0.4, 0.5) is 0 Å². The number of methoxy groups -OCH3 is 1. The lowest BCUT2D eigenvalue weighted by Crippen LogP contribution is -2.24. The first-order valence-electron chi connectivity index (χ1n) is 6.27. The zero-order chi connectivity index (χ0) is 13.2. The van der Waals surface area contributed by atoms with Crippen LogP contribution in [0.5, 0.6) is 5.75 Å². The highest BCUT2D eigenvalue weighted by Gasteiger charge is 2.27. The lowest BCUT2D eigenvalue weighted by Gasteiger charge is -2.17. The number of aromatic nitrogens is 1. The first-order chi connectivity index (χ1) is 9.28. The summed E-state index contributed by atoms with van der Waals surface area (Å²) in [6.07, 6.45) is 4.39. The number of benzene rings is 1. The summed E-state index contributed by atoms with van der Waals surface area (Å²) in [5.74, 6) is 0.855. The Kier molecular flexibility index (Phi) is 3.86. The summed E-state index contributed by atoms with van der Waals surface area (Å²) in [4.78, 5) is 4.46. The number of hydrogen-bond acceptors (Lipinski definition) is 4. The summed E-state index contributed by atoms with van der Waals surface area (Å²) >= 11 is 5.24. The molecule has 1 heterocycles. The van der Waals surface area contributed by atoms with Crippen molar-refractivity contribution >= 4 is 27.3 Å². The predicted molar refractivity (Wildman–Crippen MR) is 80.8 cm³/mol. The molecule has 1 fully saturated rings. The molecule has 1 aromatic heterocycles. The third kappa shape index (κ3) is 2.99. The summed E-state index contributed by atoms with van der Waals surface area (Å²) in [5.41, 5.74) is 1.22. The third-order valence-corrected chi connectivity index (χ3v) is 4.65. The van der Waals surface area contributed by atoms with E-state index in [1.165, 1.54) is 18.4 Å². The van der Waals surface area contributed by atoms with Crippen LogP contribution in [-0.2, 0) is 0 Å². The number of nitrogens with zero attached hydrogens (tertiary/aromatic N) is 1. The number of thiazole rings is 1. The maximum absolute atomic E-state index is 5.28. The maximum Gasteiger partial charge on any atom is 0.133 e. The molecule has 0 amide bonds. The smallest absolute Gasteiger partial charge is 0.133 e. The number of halogens is 1. The highest BCUT2D eigenvalue weighted by molar-refractivity contribution is 9.10. The monoisotopic (exact) mass is 338 g/mol. The minimum Gasteiger partial charge on any atom is -0.496 e. The summed E-state index contributed by atoms with van der Waals surface area (Å²) < 4.78 is 6.26. The molecule has 1 unspecified atom stereocenters. The molecule has 3 nitrogen and oxygen atoms in total. The quantitative estimate of drug-likeness (QED) is 0.901. The fourth-order valence-electron chi connectivity index (χ4n) is 2.04. The first-order valence-corrected chi connectivity index (χ1v) is 7.94. The maximum atomic E-state index is 5.28. The van der Waals surface area contributed by atoms with Gasteiger partial charge in [-0.2, -0.15) is 0 Å². The molecule has 100 valence electrons. The highest BCUT2D eigenvalue weighted by Crippen LogP contribution is 2.33. The fraction of sp³-hybridized carbons (Fsp3) is 0.357. The van der Waals surface area contributed by atoms with Crippen LogP contribution < -0.4 is 10.1 Å². The van der Waals surface area contributed by atoms with Gasteiger partial charge in [0.2, 0.25) is 0 Å². The molecule has 2 aromatic rings. The van der Waals surface area contributed by atoms with Crippen molar-refractivity contribution in [2.75, 3.05) is 7.11 Å². The molecule has 1 aliphatic carbocycles. The predicted octanol–water partition coefficient (Wildman–Crippen LogP) is 3.76. The van der Waals surface area contributed by atoms with E-state index < -0.39 is 0 Å². The minimum absolute atomic E-state index is 0.176. The largest absolute Gasteiger partial charge is 0.496 e. The van der Waals surface area contributed by atoms with Crippen molar-refractivity contribution in [2.45, 2.75) is 24.9 Å². The van der Waals surface area contributed by atoms with Gasteiger partial charge in [-0.1, -0.05) is 6.07 Å². The standard InChI is InChI=1S/C14H15BrN2OS/c1-18-12-5-2-9(8-11(12)15)13(17-10-3-4-10)14-16-6-7-19-14/h2,5-8,10,13,17H,3-4H2,1H3. The molecule has 0 saturated heterocycles. The third-order valence-electron chi connectivity index (χ3n) is 3.19. The lowest BCUT2D eigenvalue weighted by atomic mass is 10.1. The summed E-state index contributed by atoms with van der Waals surface area (Å²) in [7, 11) is 1.68. The molecule has 1 aromatic carbocycles. The van der Waals surface area contributed by atoms with Crippen molar-refractivity contribution in [3.05, 3.63) is 44.8 Å². The highest BCUT2D eigenvalue weighted by atomic mass is 79.9. The van der Waals surface area contributed by atoms with Gasteiger partial charge in [0, 0.05) is 17.6 Å². The van der Waals surface area contributed by atoms with E-state index >= 15 is 0 Å². The van der Waals surface area contributed by atoms with Gasteiger partial charge in [-0.15, -0.1) is 11.3 Å². The van der Waals surface area contributed by atoms with E-state index in [0.29, 0.717) is 6.04 Å². The van der Waals surface area contributed by atoms with Gasteiger partial charge in [0.1, 0.15) is 10.8 Å². The van der Waals surface area contributed by atoms with Gasteiger partial charge in [0.05, 0.1) is 17.6 Å². The van der Waals surface area contributed by atoms with Crippen LogP contribution in [0.25, 0.3) is 0 Å². The van der Waals surface area contributed by atoms with Crippen LogP contribution in [0, 0.1) is 0 Å². The average molecular weight is 339 g/mol. The normalized spacial score (nSPS) is 16.3. The number of rotatable bonds is 5. The molecule has 5 heteroatoms. The Morgan fingerprint density at radius 1 is 1.47 bits per heavy atom. The second-order valence-electron chi connectivity index (χ2n) is 4.64. The van der Waals surface area contributed by atoms with Crippen molar-refractivity contribution in [2.24, 2.45) is 0 Å². The van der Waals surface area contributed by atoms with Crippen LogP contribution in [0.3, 0.4) is 0 Å². The molecule has 0 aliphatic heterocycles. The molecule has 0 radical (unpaired) electrons. The van der Waals surface area contributed by atoms with Crippen LogP contribution >= 0.6 is 27.3 Å². The number of hydrogen-bond donors (Lipinski definition) is 1. The Morgan fingerprint density at radius 3 is 2.89 bits per heavy atom. The Hall–Kier alpha value is -0.910. The SMILES string of the molecule is COc1ccc(C(NC2CC2)c2nccs2)cc1Br. The van der Waals surface area contributed by atoms with Crippen LogP contribution in [-0.4, -0.2) is 18.1 Å². The molecule has 1 N–H and O–H groups in total. The van der Waals surface area contributed by atoms with E-state index in [-0.39, 0.29) is 6.04 Å². The Morgan fingerprint density at radius 2 is 2.32 bits per heavy atom. The van der Waals surface area contributed by atoms with Gasteiger partial charge in [-0.25, -0.2) is 4.98 Å². The summed E-state index contributed by atoms with van der Waals surface area (Å²) in [6.45, 7) is 0. The molecule has 1 atom stereocenters. The summed E-state index contributed by atoms with van der Waals surface area (Å²) in [6, 6.07) is 7.02. The fourth-order valence-corrected chi connectivity index (χ4v) is 3.32. The van der Waals surface area contributed by atoms with Gasteiger partial charge >= 0.3 is 0 Å². The van der Waals surface area contributed by atoms with Gasteiger partial charge in [-0.05, 0) is 46.5 Å². The molecular weight excluding hydrogens is 324 g/mol. The summed E-state index contributed by atoms with van der Waals surface area (Å²) in [5, 5.41) is 6.80. The molecule has 0 bridgehead atoms. The van der Waals surface area contributed by atoms with Crippen molar-refractivity contribution in [1.29, 1.82) is 0 Å². The molecule has 3 rings (SSSR count). The second kappa shape index (κ2) is 5.61. The van der Waals surface area contributed by atoms with E-state index in [0.717, 1.165) is 15.2 Å². The van der Waals surface area contributed by atoms with E-state index in [4.69, 9.17) is 4.74 Å². The van der Waals surface area contributed by atoms with Crippen molar-refractivity contribution in [3.8, 4) is 5.75 Å². The molecule has 1 aliphatic rings. The van der Waals surface area contributed by atoms with E-state index in [1.807, 2.05) is 17.6 Å². The van der Waals surface area contributed by atoms with Gasteiger partial charge in [0.25, 0.3) is 0 Å². The van der Waals surface area contributed by atoms with Crippen LogP contribution in [0.15, 0.2) is 34.2 Å². The van der Waals surface area contributed by atoms with Crippen molar-refractivity contribution in [1.82, 2.24) is 10.3 Å². The first kappa shape index (κ1) is 13.1. The van der Waals surface area contributed by atoms with E-state index in [1.54, 1.807) is 18.4 Å². The zero-order valence-electron chi connectivity index (χ0n) is 10.6. The average Bonchev–Trinajstić information content (AvgIpc) is 3.08. The topological polar surface area (TPSA) is 34.1 Å².